The average molecular weight is 496 g/mol. The Morgan fingerprint density at radius 3 is 2.17 bits per heavy atom. The fourth-order valence-electron chi connectivity index (χ4n) is 4.29. The first kappa shape index (κ1) is 27.7. The Morgan fingerprint density at radius 2 is 1.56 bits per heavy atom. The van der Waals surface area contributed by atoms with E-state index in [0.29, 0.717) is 13.2 Å². The van der Waals surface area contributed by atoms with Crippen LogP contribution >= 0.6 is 0 Å². The van der Waals surface area contributed by atoms with E-state index in [1.807, 2.05) is 69.3 Å². The summed E-state index contributed by atoms with van der Waals surface area (Å²) >= 11 is 0. The highest BCUT2D eigenvalue weighted by Gasteiger charge is 2.35. The number of carbonyl (C=O) groups excluding carboxylic acids is 2. The Morgan fingerprint density at radius 1 is 0.944 bits per heavy atom. The average Bonchev–Trinajstić information content (AvgIpc) is 3.17. The monoisotopic (exact) mass is 495 g/mol. The molecule has 2 aromatic carbocycles. The van der Waals surface area contributed by atoms with E-state index in [2.05, 4.69) is 26.0 Å². The van der Waals surface area contributed by atoms with Crippen LogP contribution in [0.2, 0.25) is 0 Å². The SMILES string of the molecule is CC(C)(CCC1CC(Cc2ccccc2)C(=O)O1)CCN(OCc1ccccc1)C(=O)OC(C)(C)C. The van der Waals surface area contributed by atoms with Gasteiger partial charge in [-0.3, -0.25) is 9.63 Å². The number of nitrogens with zero attached hydrogens (tertiary/aromatic N) is 1. The molecular formula is C30H41NO5. The first-order valence-corrected chi connectivity index (χ1v) is 12.9. The lowest BCUT2D eigenvalue weighted by Gasteiger charge is -2.31. The third kappa shape index (κ3) is 9.30. The summed E-state index contributed by atoms with van der Waals surface area (Å²) in [6.07, 6.45) is 3.36. The molecule has 1 amide bonds. The normalized spacial score (nSPS) is 18.1. The molecule has 0 saturated carbocycles. The van der Waals surface area contributed by atoms with E-state index in [1.165, 1.54) is 5.06 Å². The molecule has 196 valence electrons. The summed E-state index contributed by atoms with van der Waals surface area (Å²) in [4.78, 5) is 31.1. The van der Waals surface area contributed by atoms with E-state index in [-0.39, 0.29) is 23.4 Å². The molecule has 1 fully saturated rings. The minimum atomic E-state index is -0.608. The largest absolute Gasteiger partial charge is 0.462 e. The Bertz CT molecular complexity index is 968. The van der Waals surface area contributed by atoms with Crippen molar-refractivity contribution < 1.29 is 23.9 Å². The van der Waals surface area contributed by atoms with Crippen molar-refractivity contribution in [3.63, 3.8) is 0 Å². The molecule has 2 aromatic rings. The Labute approximate surface area is 215 Å². The van der Waals surface area contributed by atoms with Crippen LogP contribution in [0.1, 0.15) is 71.4 Å². The smallest absolute Gasteiger partial charge is 0.434 e. The fraction of sp³-hybridized carbons (Fsp3) is 0.533. The van der Waals surface area contributed by atoms with Crippen LogP contribution in [0, 0.1) is 11.3 Å². The highest BCUT2D eigenvalue weighted by atomic mass is 16.7. The predicted octanol–water partition coefficient (Wildman–Crippen LogP) is 6.73. The van der Waals surface area contributed by atoms with E-state index in [1.54, 1.807) is 0 Å². The zero-order valence-corrected chi connectivity index (χ0v) is 22.4. The van der Waals surface area contributed by atoms with Gasteiger partial charge in [-0.1, -0.05) is 74.5 Å². The molecule has 2 atom stereocenters. The van der Waals surface area contributed by atoms with Gasteiger partial charge >= 0.3 is 12.1 Å². The lowest BCUT2D eigenvalue weighted by molar-refractivity contribution is -0.159. The Balaban J connectivity index is 1.50. The zero-order valence-electron chi connectivity index (χ0n) is 22.4. The zero-order chi connectivity index (χ0) is 26.2. The molecule has 1 aliphatic rings. The molecule has 1 saturated heterocycles. The number of esters is 1. The van der Waals surface area contributed by atoms with Crippen molar-refractivity contribution in [2.75, 3.05) is 6.54 Å². The molecule has 0 radical (unpaired) electrons. The molecule has 0 bridgehead atoms. The minimum Gasteiger partial charge on any atom is -0.462 e. The second-order valence-corrected chi connectivity index (χ2v) is 11.5. The van der Waals surface area contributed by atoms with E-state index in [4.69, 9.17) is 14.3 Å². The summed E-state index contributed by atoms with van der Waals surface area (Å²) in [5.74, 6) is -0.165. The molecule has 3 rings (SSSR count). The summed E-state index contributed by atoms with van der Waals surface area (Å²) in [6, 6.07) is 19.9. The van der Waals surface area contributed by atoms with Gasteiger partial charge in [-0.2, -0.15) is 5.06 Å². The topological polar surface area (TPSA) is 65.1 Å². The van der Waals surface area contributed by atoms with Crippen LogP contribution < -0.4 is 0 Å². The van der Waals surface area contributed by atoms with Crippen LogP contribution in [0.25, 0.3) is 0 Å². The maximum absolute atomic E-state index is 12.8. The molecule has 1 heterocycles. The molecule has 0 N–H and O–H groups in total. The second-order valence-electron chi connectivity index (χ2n) is 11.5. The van der Waals surface area contributed by atoms with Crippen molar-refractivity contribution in [3.8, 4) is 0 Å². The number of hydrogen-bond donors (Lipinski definition) is 0. The number of hydrogen-bond acceptors (Lipinski definition) is 5. The lowest BCUT2D eigenvalue weighted by Crippen LogP contribution is -2.38. The van der Waals surface area contributed by atoms with Crippen molar-refractivity contribution in [1.82, 2.24) is 5.06 Å². The van der Waals surface area contributed by atoms with Crippen molar-refractivity contribution in [1.29, 1.82) is 0 Å². The quantitative estimate of drug-likeness (QED) is 0.256. The van der Waals surface area contributed by atoms with Crippen molar-refractivity contribution in [3.05, 3.63) is 71.8 Å². The maximum Gasteiger partial charge on any atom is 0.434 e. The summed E-state index contributed by atoms with van der Waals surface area (Å²) in [5.41, 5.74) is 1.47. The number of carbonyl (C=O) groups is 2. The van der Waals surface area contributed by atoms with Crippen LogP contribution in [0.4, 0.5) is 4.79 Å². The number of cyclic esters (lactones) is 1. The van der Waals surface area contributed by atoms with Gasteiger partial charge in [0, 0.05) is 0 Å². The number of benzene rings is 2. The number of amides is 1. The highest BCUT2D eigenvalue weighted by Crippen LogP contribution is 2.33. The molecule has 36 heavy (non-hydrogen) atoms. The van der Waals surface area contributed by atoms with E-state index in [9.17, 15) is 9.59 Å². The Hall–Kier alpha value is -2.86. The lowest BCUT2D eigenvalue weighted by atomic mass is 9.82. The molecule has 6 nitrogen and oxygen atoms in total. The van der Waals surface area contributed by atoms with Crippen LogP contribution in [0.15, 0.2) is 60.7 Å². The van der Waals surface area contributed by atoms with Gasteiger partial charge in [-0.15, -0.1) is 0 Å². The standard InChI is InChI=1S/C30H41NO5/c1-29(2,3)36-28(33)31(34-22-24-14-10-7-11-15-24)19-18-30(4,5)17-16-26-21-25(27(32)35-26)20-23-12-8-6-9-13-23/h6-15,25-26H,16-22H2,1-5H3. The van der Waals surface area contributed by atoms with Crippen LogP contribution in [0.3, 0.4) is 0 Å². The van der Waals surface area contributed by atoms with Gasteiger partial charge in [0.25, 0.3) is 0 Å². The molecule has 0 aromatic heterocycles. The molecule has 0 aliphatic carbocycles. The van der Waals surface area contributed by atoms with Gasteiger partial charge in [-0.25, -0.2) is 4.79 Å². The fourth-order valence-corrected chi connectivity index (χ4v) is 4.29. The van der Waals surface area contributed by atoms with Crippen molar-refractivity contribution in [2.24, 2.45) is 11.3 Å². The second kappa shape index (κ2) is 12.4. The summed E-state index contributed by atoms with van der Waals surface area (Å²) < 4.78 is 11.3. The van der Waals surface area contributed by atoms with Crippen LogP contribution in [-0.2, 0) is 32.1 Å². The van der Waals surface area contributed by atoms with Gasteiger partial charge in [0.05, 0.1) is 12.5 Å². The van der Waals surface area contributed by atoms with Gasteiger partial charge in [0.1, 0.15) is 18.3 Å². The summed E-state index contributed by atoms with van der Waals surface area (Å²) in [7, 11) is 0. The van der Waals surface area contributed by atoms with E-state index in [0.717, 1.165) is 43.2 Å². The molecular weight excluding hydrogens is 454 g/mol. The molecule has 0 spiro atoms. The molecule has 2 unspecified atom stereocenters. The third-order valence-corrected chi connectivity index (χ3v) is 6.45. The van der Waals surface area contributed by atoms with E-state index >= 15 is 0 Å². The van der Waals surface area contributed by atoms with Crippen LogP contribution in [-0.4, -0.2) is 35.4 Å². The van der Waals surface area contributed by atoms with Gasteiger partial charge in [-0.05, 0) is 69.4 Å². The molecule has 1 aliphatic heterocycles. The summed E-state index contributed by atoms with van der Waals surface area (Å²) in [5, 5.41) is 1.34. The minimum absolute atomic E-state index is 0.0539. The van der Waals surface area contributed by atoms with Crippen LogP contribution in [0.5, 0.6) is 0 Å². The molecule has 6 heteroatoms. The first-order valence-electron chi connectivity index (χ1n) is 12.9. The van der Waals surface area contributed by atoms with Crippen molar-refractivity contribution >= 4 is 12.1 Å². The number of rotatable bonds is 11. The van der Waals surface area contributed by atoms with Crippen molar-refractivity contribution in [2.45, 2.75) is 85.0 Å². The summed E-state index contributed by atoms with van der Waals surface area (Å²) in [6.45, 7) is 10.6. The number of ether oxygens (including phenoxy) is 2. The van der Waals surface area contributed by atoms with Gasteiger partial charge in [0.2, 0.25) is 0 Å². The van der Waals surface area contributed by atoms with E-state index < -0.39 is 11.7 Å². The predicted molar refractivity (Wildman–Crippen MR) is 140 cm³/mol. The number of hydroxylamine groups is 2. The maximum atomic E-state index is 12.8. The Kier molecular flexibility index (Phi) is 9.55. The first-order chi connectivity index (χ1) is 17.0. The van der Waals surface area contributed by atoms with Gasteiger partial charge < -0.3 is 9.47 Å². The highest BCUT2D eigenvalue weighted by molar-refractivity contribution is 5.75. The van der Waals surface area contributed by atoms with Gasteiger partial charge in [0.15, 0.2) is 0 Å². The third-order valence-electron chi connectivity index (χ3n) is 6.45.